The summed E-state index contributed by atoms with van der Waals surface area (Å²) in [5.41, 5.74) is 8.24. The van der Waals surface area contributed by atoms with Crippen LogP contribution in [0.25, 0.3) is 0 Å². The van der Waals surface area contributed by atoms with Crippen LogP contribution in [0.3, 0.4) is 0 Å². The second kappa shape index (κ2) is 6.88. The van der Waals surface area contributed by atoms with Crippen LogP contribution in [-0.4, -0.2) is 16.9 Å². The summed E-state index contributed by atoms with van der Waals surface area (Å²) < 4.78 is 7.45. The Kier molecular flexibility index (Phi) is 5.17. The van der Waals surface area contributed by atoms with E-state index in [1.165, 1.54) is 0 Å². The molecule has 2 rings (SSSR count). The van der Waals surface area contributed by atoms with Crippen molar-refractivity contribution in [1.82, 2.24) is 9.78 Å². The van der Waals surface area contributed by atoms with Crippen LogP contribution in [-0.2, 0) is 11.3 Å². The van der Waals surface area contributed by atoms with Gasteiger partial charge in [-0.05, 0) is 12.0 Å². The Labute approximate surface area is 124 Å². The maximum Gasteiger partial charge on any atom is 0.103 e. The van der Waals surface area contributed by atoms with Crippen molar-refractivity contribution in [2.45, 2.75) is 32.0 Å². The predicted molar refractivity (Wildman–Crippen MR) is 80.6 cm³/mol. The molecule has 20 heavy (non-hydrogen) atoms. The highest BCUT2D eigenvalue weighted by atomic mass is 35.5. The zero-order valence-corrected chi connectivity index (χ0v) is 12.5. The summed E-state index contributed by atoms with van der Waals surface area (Å²) in [4.78, 5) is 0. The minimum absolute atomic E-state index is 0.249. The molecule has 2 N–H and O–H groups in total. The van der Waals surface area contributed by atoms with E-state index in [1.807, 2.05) is 35.0 Å². The Balaban J connectivity index is 2.34. The van der Waals surface area contributed by atoms with Gasteiger partial charge in [-0.3, -0.25) is 4.68 Å². The summed E-state index contributed by atoms with van der Waals surface area (Å²) in [6, 6.07) is 9.56. The molecular formula is C15H20ClN3O. The third kappa shape index (κ3) is 3.03. The van der Waals surface area contributed by atoms with Gasteiger partial charge < -0.3 is 10.5 Å². The number of rotatable bonds is 6. The van der Waals surface area contributed by atoms with E-state index in [1.54, 1.807) is 13.3 Å². The molecule has 0 aliphatic heterocycles. The van der Waals surface area contributed by atoms with Crippen molar-refractivity contribution in [2.24, 2.45) is 5.73 Å². The van der Waals surface area contributed by atoms with Crippen molar-refractivity contribution in [2.75, 3.05) is 7.11 Å². The molecule has 0 bridgehead atoms. The third-order valence-electron chi connectivity index (χ3n) is 3.29. The van der Waals surface area contributed by atoms with Crippen LogP contribution in [0, 0.1) is 0 Å². The van der Waals surface area contributed by atoms with E-state index in [9.17, 15) is 0 Å². The van der Waals surface area contributed by atoms with Gasteiger partial charge in [0.05, 0.1) is 23.0 Å². The lowest BCUT2D eigenvalue weighted by molar-refractivity contribution is 0.0775. The number of nitrogens with zero attached hydrogens (tertiary/aromatic N) is 2. The third-order valence-corrected chi connectivity index (χ3v) is 3.58. The first kappa shape index (κ1) is 15.0. The average molecular weight is 294 g/mol. The summed E-state index contributed by atoms with van der Waals surface area (Å²) in [6.07, 6.45) is 2.37. The van der Waals surface area contributed by atoms with Crippen LogP contribution in [0.1, 0.15) is 36.7 Å². The van der Waals surface area contributed by atoms with Gasteiger partial charge in [0.15, 0.2) is 0 Å². The van der Waals surface area contributed by atoms with E-state index in [0.29, 0.717) is 5.02 Å². The van der Waals surface area contributed by atoms with Crippen molar-refractivity contribution in [3.8, 4) is 0 Å². The molecule has 2 atom stereocenters. The number of halogens is 1. The molecule has 4 nitrogen and oxygen atoms in total. The Bertz CT molecular complexity index is 541. The fourth-order valence-corrected chi connectivity index (χ4v) is 2.64. The first-order valence-electron chi connectivity index (χ1n) is 6.73. The second-order valence-corrected chi connectivity index (χ2v) is 5.10. The van der Waals surface area contributed by atoms with Gasteiger partial charge >= 0.3 is 0 Å². The summed E-state index contributed by atoms with van der Waals surface area (Å²) in [6.45, 7) is 2.89. The maximum absolute atomic E-state index is 6.39. The summed E-state index contributed by atoms with van der Waals surface area (Å²) >= 11 is 6.25. The fourth-order valence-electron chi connectivity index (χ4n) is 2.37. The highest BCUT2D eigenvalue weighted by Gasteiger charge is 2.26. The molecule has 0 aliphatic carbocycles. The van der Waals surface area contributed by atoms with Gasteiger partial charge in [-0.25, -0.2) is 0 Å². The van der Waals surface area contributed by atoms with E-state index in [-0.39, 0.29) is 12.1 Å². The molecule has 1 heterocycles. The van der Waals surface area contributed by atoms with Crippen molar-refractivity contribution < 1.29 is 4.74 Å². The van der Waals surface area contributed by atoms with Crippen LogP contribution >= 0.6 is 11.6 Å². The summed E-state index contributed by atoms with van der Waals surface area (Å²) in [7, 11) is 1.66. The molecule has 0 saturated carbocycles. The van der Waals surface area contributed by atoms with Gasteiger partial charge in [0.1, 0.15) is 6.10 Å². The zero-order valence-electron chi connectivity index (χ0n) is 11.8. The summed E-state index contributed by atoms with van der Waals surface area (Å²) in [5.74, 6) is 0. The average Bonchev–Trinajstić information content (AvgIpc) is 2.82. The topological polar surface area (TPSA) is 53.1 Å². The highest BCUT2D eigenvalue weighted by Crippen LogP contribution is 2.33. The number of benzene rings is 1. The van der Waals surface area contributed by atoms with Crippen LogP contribution in [0.15, 0.2) is 36.5 Å². The number of hydrogen-bond acceptors (Lipinski definition) is 3. The monoisotopic (exact) mass is 293 g/mol. The Morgan fingerprint density at radius 2 is 2.05 bits per heavy atom. The number of nitrogens with two attached hydrogens (primary N) is 1. The molecular weight excluding hydrogens is 274 g/mol. The minimum Gasteiger partial charge on any atom is -0.375 e. The number of aromatic nitrogens is 2. The first-order valence-corrected chi connectivity index (χ1v) is 7.11. The molecule has 2 unspecified atom stereocenters. The van der Waals surface area contributed by atoms with Gasteiger partial charge in [-0.1, -0.05) is 48.9 Å². The molecule has 0 radical (unpaired) electrons. The van der Waals surface area contributed by atoms with Crippen molar-refractivity contribution >= 4 is 11.6 Å². The molecule has 0 saturated heterocycles. The van der Waals surface area contributed by atoms with Crippen LogP contribution in [0.5, 0.6) is 0 Å². The minimum atomic E-state index is -0.357. The molecule has 0 spiro atoms. The molecule has 2 aromatic rings. The molecule has 1 aromatic heterocycles. The first-order chi connectivity index (χ1) is 9.69. The van der Waals surface area contributed by atoms with E-state index in [4.69, 9.17) is 22.1 Å². The van der Waals surface area contributed by atoms with Crippen LogP contribution in [0.4, 0.5) is 0 Å². The molecule has 0 aliphatic rings. The lowest BCUT2D eigenvalue weighted by Crippen LogP contribution is -2.25. The van der Waals surface area contributed by atoms with Crippen molar-refractivity contribution in [3.63, 3.8) is 0 Å². The SMILES string of the molecule is CCCn1ncc(Cl)c1C(N)C(OC)c1ccccc1. The highest BCUT2D eigenvalue weighted by molar-refractivity contribution is 6.31. The van der Waals surface area contributed by atoms with E-state index in [0.717, 1.165) is 24.2 Å². The van der Waals surface area contributed by atoms with Gasteiger partial charge in [0.2, 0.25) is 0 Å². The van der Waals surface area contributed by atoms with E-state index in [2.05, 4.69) is 12.0 Å². The zero-order chi connectivity index (χ0) is 14.5. The fraction of sp³-hybridized carbons (Fsp3) is 0.400. The van der Waals surface area contributed by atoms with Gasteiger partial charge in [0.25, 0.3) is 0 Å². The standard InChI is InChI=1S/C15H20ClN3O/c1-3-9-19-14(12(16)10-18-19)13(17)15(20-2)11-7-5-4-6-8-11/h4-8,10,13,15H,3,9,17H2,1-2H3. The molecule has 5 heteroatoms. The Hall–Kier alpha value is -1.36. The normalized spacial score (nSPS) is 14.2. The molecule has 1 aromatic carbocycles. The van der Waals surface area contributed by atoms with Gasteiger partial charge in [0, 0.05) is 13.7 Å². The van der Waals surface area contributed by atoms with Crippen LogP contribution < -0.4 is 5.73 Å². The second-order valence-electron chi connectivity index (χ2n) is 4.69. The van der Waals surface area contributed by atoms with E-state index >= 15 is 0 Å². The number of hydrogen-bond donors (Lipinski definition) is 1. The Morgan fingerprint density at radius 1 is 1.35 bits per heavy atom. The largest absolute Gasteiger partial charge is 0.375 e. The number of aryl methyl sites for hydroxylation is 1. The smallest absolute Gasteiger partial charge is 0.103 e. The molecule has 108 valence electrons. The lowest BCUT2D eigenvalue weighted by atomic mass is 10.00. The predicted octanol–water partition coefficient (Wildman–Crippen LogP) is 3.33. The van der Waals surface area contributed by atoms with Gasteiger partial charge in [-0.15, -0.1) is 0 Å². The lowest BCUT2D eigenvalue weighted by Gasteiger charge is -2.24. The van der Waals surface area contributed by atoms with Crippen molar-refractivity contribution in [1.29, 1.82) is 0 Å². The number of ether oxygens (including phenoxy) is 1. The van der Waals surface area contributed by atoms with E-state index < -0.39 is 0 Å². The quantitative estimate of drug-likeness (QED) is 0.889. The molecule has 0 amide bonds. The van der Waals surface area contributed by atoms with Crippen molar-refractivity contribution in [3.05, 3.63) is 52.8 Å². The maximum atomic E-state index is 6.39. The summed E-state index contributed by atoms with van der Waals surface area (Å²) in [5, 5.41) is 4.87. The van der Waals surface area contributed by atoms with Gasteiger partial charge in [-0.2, -0.15) is 5.10 Å². The van der Waals surface area contributed by atoms with Crippen LogP contribution in [0.2, 0.25) is 5.02 Å². The Morgan fingerprint density at radius 3 is 2.65 bits per heavy atom. The number of methoxy groups -OCH3 is 1. The molecule has 0 fully saturated rings.